The van der Waals surface area contributed by atoms with Gasteiger partial charge in [0, 0.05) is 6.42 Å². The Morgan fingerprint density at radius 1 is 0.432 bits per heavy atom. The summed E-state index contributed by atoms with van der Waals surface area (Å²) in [6.45, 7) is 4.70. The molecule has 470 valence electrons. The van der Waals surface area contributed by atoms with Gasteiger partial charge in [-0.25, -0.2) is 4.57 Å². The van der Waals surface area contributed by atoms with Gasteiger partial charge in [-0.3, -0.25) is 13.8 Å². The number of nitrogens with zero attached hydrogens (tertiary/aromatic N) is 1. The number of aliphatic hydroxyl groups is 1. The number of allylic oxidation sites excluding steroid dienone is 15. The number of amides is 1. The summed E-state index contributed by atoms with van der Waals surface area (Å²) in [4.78, 5) is 23.4. The summed E-state index contributed by atoms with van der Waals surface area (Å²) in [5.41, 5.74) is 0. The van der Waals surface area contributed by atoms with Crippen LogP contribution in [0.15, 0.2) is 97.2 Å². The average Bonchev–Trinajstić information content (AvgIpc) is 3.43. The number of phosphoric acid groups is 1. The van der Waals surface area contributed by atoms with Gasteiger partial charge in [0.15, 0.2) is 0 Å². The van der Waals surface area contributed by atoms with E-state index in [4.69, 9.17) is 9.05 Å². The molecule has 0 aromatic heterocycles. The summed E-state index contributed by atoms with van der Waals surface area (Å²) in [6, 6.07) is -0.878. The van der Waals surface area contributed by atoms with Crippen LogP contribution >= 0.6 is 7.82 Å². The number of carbonyl (C=O) groups excluding carboxylic acids is 1. The Bertz CT molecular complexity index is 1640. The van der Waals surface area contributed by atoms with E-state index in [0.717, 1.165) is 77.0 Å². The van der Waals surface area contributed by atoms with Crippen LogP contribution in [0.5, 0.6) is 0 Å². The van der Waals surface area contributed by atoms with Crippen LogP contribution in [0, 0.1) is 0 Å². The molecule has 0 spiro atoms. The molecule has 0 aliphatic rings. The van der Waals surface area contributed by atoms with Crippen LogP contribution in [0.1, 0.15) is 303 Å². The van der Waals surface area contributed by atoms with E-state index in [9.17, 15) is 19.4 Å². The van der Waals surface area contributed by atoms with E-state index in [-0.39, 0.29) is 19.1 Å². The molecule has 0 aromatic carbocycles. The molecule has 0 saturated heterocycles. The van der Waals surface area contributed by atoms with Crippen molar-refractivity contribution >= 4 is 13.7 Å². The predicted octanol–water partition coefficient (Wildman–Crippen LogP) is 21.7. The molecule has 0 aromatic rings. The number of rotatable bonds is 62. The van der Waals surface area contributed by atoms with E-state index in [1.54, 1.807) is 6.08 Å². The molecule has 0 fully saturated rings. The third kappa shape index (κ3) is 64.8. The molecule has 81 heavy (non-hydrogen) atoms. The zero-order valence-electron chi connectivity index (χ0n) is 53.8. The molecule has 1 amide bonds. The lowest BCUT2D eigenvalue weighted by Crippen LogP contribution is -2.45. The summed E-state index contributed by atoms with van der Waals surface area (Å²) < 4.78 is 23.8. The second-order valence-electron chi connectivity index (χ2n) is 24.2. The number of hydrogen-bond donors (Lipinski definition) is 3. The topological polar surface area (TPSA) is 105 Å². The zero-order valence-corrected chi connectivity index (χ0v) is 54.6. The minimum Gasteiger partial charge on any atom is -0.387 e. The minimum atomic E-state index is -4.37. The van der Waals surface area contributed by atoms with Crippen LogP contribution < -0.4 is 5.32 Å². The van der Waals surface area contributed by atoms with Crippen molar-refractivity contribution < 1.29 is 32.9 Å². The molecule has 3 atom stereocenters. The number of carbonyl (C=O) groups is 1. The van der Waals surface area contributed by atoms with Gasteiger partial charge in [0.2, 0.25) is 5.91 Å². The predicted molar refractivity (Wildman–Crippen MR) is 355 cm³/mol. The van der Waals surface area contributed by atoms with Crippen LogP contribution in [0.3, 0.4) is 0 Å². The largest absolute Gasteiger partial charge is 0.472 e. The summed E-state index contributed by atoms with van der Waals surface area (Å²) in [5.74, 6) is -0.193. The average molecular weight is 1150 g/mol. The Hall–Kier alpha value is -2.58. The maximum atomic E-state index is 13.0. The second-order valence-corrected chi connectivity index (χ2v) is 25.6. The Morgan fingerprint density at radius 3 is 1.14 bits per heavy atom. The molecular formula is C72H132N2O6P+. The van der Waals surface area contributed by atoms with E-state index >= 15 is 0 Å². The normalized spacial score (nSPS) is 14.3. The summed E-state index contributed by atoms with van der Waals surface area (Å²) in [7, 11) is 1.54. The first-order valence-corrected chi connectivity index (χ1v) is 35.6. The van der Waals surface area contributed by atoms with E-state index in [0.29, 0.717) is 17.4 Å². The van der Waals surface area contributed by atoms with Crippen molar-refractivity contribution in [2.75, 3.05) is 40.9 Å². The fourth-order valence-electron chi connectivity index (χ4n) is 9.75. The van der Waals surface area contributed by atoms with Crippen molar-refractivity contribution in [3.05, 3.63) is 97.2 Å². The summed E-state index contributed by atoms with van der Waals surface area (Å²) in [6.07, 6.45) is 89.8. The molecule has 0 rings (SSSR count). The Morgan fingerprint density at radius 2 is 0.753 bits per heavy atom. The molecule has 3 unspecified atom stereocenters. The highest BCUT2D eigenvalue weighted by Gasteiger charge is 2.28. The highest BCUT2D eigenvalue weighted by Crippen LogP contribution is 2.43. The maximum Gasteiger partial charge on any atom is 0.472 e. The zero-order chi connectivity index (χ0) is 59.1. The highest BCUT2D eigenvalue weighted by atomic mass is 31.2. The Labute approximate surface area is 502 Å². The van der Waals surface area contributed by atoms with Gasteiger partial charge in [0.05, 0.1) is 39.9 Å². The molecule has 0 aliphatic heterocycles. The minimum absolute atomic E-state index is 0.0497. The Kier molecular flexibility index (Phi) is 60.0. The van der Waals surface area contributed by atoms with Crippen molar-refractivity contribution in [3.63, 3.8) is 0 Å². The number of likely N-dealkylation sites (N-methyl/N-ethyl adjacent to an activating group) is 1. The molecule has 0 saturated carbocycles. The number of quaternary nitrogens is 1. The van der Waals surface area contributed by atoms with Crippen LogP contribution in [0.4, 0.5) is 0 Å². The van der Waals surface area contributed by atoms with Crippen molar-refractivity contribution in [3.8, 4) is 0 Å². The smallest absolute Gasteiger partial charge is 0.387 e. The van der Waals surface area contributed by atoms with Crippen molar-refractivity contribution in [2.24, 2.45) is 0 Å². The first-order chi connectivity index (χ1) is 39.5. The third-order valence-corrected chi connectivity index (χ3v) is 16.0. The molecule has 0 heterocycles. The van der Waals surface area contributed by atoms with Gasteiger partial charge in [-0.05, 0) is 89.9 Å². The van der Waals surface area contributed by atoms with E-state index in [1.807, 2.05) is 27.2 Å². The van der Waals surface area contributed by atoms with E-state index in [2.05, 4.69) is 104 Å². The standard InChI is InChI=1S/C72H131N2O6P/c1-6-8-10-12-14-16-18-20-22-24-26-28-30-32-34-36-38-39-41-43-45-47-49-51-53-55-57-59-61-63-65-71(75)70(69-80-81(77,78)79-68-67-74(3,4)5)73-72(76)66-64-62-60-58-56-54-52-50-48-46-44-42-40-37-35-33-31-29-27-25-23-21-19-17-15-13-11-9-7-2/h9,11,15,17,21,23,27,29,33,35,47,49,55,57,63,65,70-71,75H,6-8,10,12-14,16,18-20,22,24-26,28,30-32,34,36-46,48,50-54,56,58-62,64,66-69H2,1-5H3,(H-,73,76,77,78)/p+1/b11-9-,17-15-,23-21-,29-27-,35-33-,49-47+,57-55+,65-63+. The van der Waals surface area contributed by atoms with Gasteiger partial charge in [-0.15, -0.1) is 0 Å². The van der Waals surface area contributed by atoms with Gasteiger partial charge < -0.3 is 19.8 Å². The van der Waals surface area contributed by atoms with Crippen molar-refractivity contribution in [1.82, 2.24) is 5.32 Å². The molecule has 9 heteroatoms. The first-order valence-electron chi connectivity index (χ1n) is 34.1. The van der Waals surface area contributed by atoms with Gasteiger partial charge in [-0.1, -0.05) is 304 Å². The first kappa shape index (κ1) is 78.4. The monoisotopic (exact) mass is 1150 g/mol. The fourth-order valence-corrected chi connectivity index (χ4v) is 10.5. The Balaban J connectivity index is 4.17. The summed E-state index contributed by atoms with van der Waals surface area (Å²) in [5, 5.41) is 14.0. The lowest BCUT2D eigenvalue weighted by atomic mass is 10.0. The van der Waals surface area contributed by atoms with Gasteiger partial charge >= 0.3 is 7.82 Å². The molecule has 3 N–H and O–H groups in total. The van der Waals surface area contributed by atoms with Crippen LogP contribution in [0.2, 0.25) is 0 Å². The molecular weight excluding hydrogens is 1020 g/mol. The quantitative estimate of drug-likeness (QED) is 0.0243. The number of aliphatic hydroxyl groups excluding tert-OH is 1. The van der Waals surface area contributed by atoms with Crippen molar-refractivity contribution in [1.29, 1.82) is 0 Å². The number of hydrogen-bond acceptors (Lipinski definition) is 5. The number of phosphoric ester groups is 1. The molecule has 0 aliphatic carbocycles. The molecule has 0 radical (unpaired) electrons. The molecule has 0 bridgehead atoms. The number of unbranched alkanes of at least 4 members (excludes halogenated alkanes) is 35. The summed E-state index contributed by atoms with van der Waals surface area (Å²) >= 11 is 0. The van der Waals surface area contributed by atoms with Crippen LogP contribution in [-0.2, 0) is 18.4 Å². The number of nitrogens with one attached hydrogen (secondary N) is 1. The highest BCUT2D eigenvalue weighted by molar-refractivity contribution is 7.47. The second kappa shape index (κ2) is 62.0. The lowest BCUT2D eigenvalue weighted by Gasteiger charge is -2.25. The SMILES string of the molecule is CC/C=C\C/C=C\C/C=C\C/C=C\C/C=C\CCCCCCCCCCCCCCCC(=O)NC(COP(=O)(O)OCC[N+](C)(C)C)C(O)/C=C/CC/C=C/CC/C=C/CCCCCCCCCCCCCCCCCCCCCC. The van der Waals surface area contributed by atoms with Gasteiger partial charge in [0.25, 0.3) is 0 Å². The third-order valence-electron chi connectivity index (χ3n) is 15.0. The molecule has 8 nitrogen and oxygen atoms in total. The van der Waals surface area contributed by atoms with Crippen LogP contribution in [-0.4, -0.2) is 73.4 Å². The fraction of sp³-hybridized carbons (Fsp3) is 0.764. The lowest BCUT2D eigenvalue weighted by molar-refractivity contribution is -0.870. The maximum absolute atomic E-state index is 13.0. The van der Waals surface area contributed by atoms with E-state index < -0.39 is 20.0 Å². The van der Waals surface area contributed by atoms with E-state index in [1.165, 1.54) is 205 Å². The van der Waals surface area contributed by atoms with Crippen molar-refractivity contribution in [2.45, 2.75) is 315 Å². The van der Waals surface area contributed by atoms with Gasteiger partial charge in [-0.2, -0.15) is 0 Å². The van der Waals surface area contributed by atoms with Gasteiger partial charge in [0.1, 0.15) is 13.2 Å². The van der Waals surface area contributed by atoms with Crippen LogP contribution in [0.25, 0.3) is 0 Å².